The molecular formula is C30H22ClF6N3O6. The standard InChI is InChI=1S/C26H20ClN3O2.2C2HF3O2/c27-23-9-7-20(8-10-23)26(32)29-16-21-3-1-2-4-24(21)30(25(31)17-29)15-18-5-6-19-11-12-28-14-22(19)13-18;2*3-2(4,5)1(6)7/h1-14H,15-17H2;2*(H,6,7). The predicted molar refractivity (Wildman–Crippen MR) is 153 cm³/mol. The van der Waals surface area contributed by atoms with E-state index in [0.29, 0.717) is 23.7 Å². The number of pyridine rings is 1. The molecule has 0 spiro atoms. The van der Waals surface area contributed by atoms with E-state index in [1.807, 2.05) is 48.7 Å². The molecule has 2 N–H and O–H groups in total. The van der Waals surface area contributed by atoms with E-state index in [4.69, 9.17) is 31.4 Å². The first kappa shape index (κ1) is 35.3. The topological polar surface area (TPSA) is 128 Å². The molecule has 1 aliphatic heterocycles. The zero-order valence-electron chi connectivity index (χ0n) is 23.2. The van der Waals surface area contributed by atoms with E-state index in [1.54, 1.807) is 40.3 Å². The lowest BCUT2D eigenvalue weighted by molar-refractivity contribution is -0.193. The summed E-state index contributed by atoms with van der Waals surface area (Å²) in [6, 6.07) is 22.6. The normalized spacial score (nSPS) is 13.0. The fraction of sp³-hybridized carbons (Fsp3) is 0.167. The Morgan fingerprint density at radius 2 is 1.39 bits per heavy atom. The van der Waals surface area contributed by atoms with Crippen LogP contribution in [-0.2, 0) is 27.5 Å². The molecule has 0 fully saturated rings. The highest BCUT2D eigenvalue weighted by Gasteiger charge is 2.39. The molecule has 0 saturated heterocycles. The highest BCUT2D eigenvalue weighted by atomic mass is 35.5. The van der Waals surface area contributed by atoms with Gasteiger partial charge in [0.05, 0.1) is 6.54 Å². The Balaban J connectivity index is 0.000000345. The zero-order chi connectivity index (χ0) is 34.2. The van der Waals surface area contributed by atoms with Crippen molar-refractivity contribution in [3.63, 3.8) is 0 Å². The number of halogens is 7. The second-order valence-corrected chi connectivity index (χ2v) is 9.88. The number of carboxylic acid groups (broad SMARTS) is 2. The van der Waals surface area contributed by atoms with Crippen molar-refractivity contribution in [1.29, 1.82) is 0 Å². The molecule has 242 valence electrons. The molecule has 2 amide bonds. The van der Waals surface area contributed by atoms with Crippen molar-refractivity contribution >= 4 is 51.8 Å². The summed E-state index contributed by atoms with van der Waals surface area (Å²) in [7, 11) is 0. The zero-order valence-corrected chi connectivity index (χ0v) is 24.0. The van der Waals surface area contributed by atoms with Crippen LogP contribution in [0.5, 0.6) is 0 Å². The summed E-state index contributed by atoms with van der Waals surface area (Å²) in [6.45, 7) is 0.788. The van der Waals surface area contributed by atoms with E-state index in [1.165, 1.54) is 0 Å². The Bertz CT molecular complexity index is 1710. The summed E-state index contributed by atoms with van der Waals surface area (Å²) < 4.78 is 63.5. The van der Waals surface area contributed by atoms with Crippen molar-refractivity contribution < 1.29 is 55.7 Å². The molecule has 4 aromatic rings. The van der Waals surface area contributed by atoms with Crippen LogP contribution >= 0.6 is 11.6 Å². The third-order valence-electron chi connectivity index (χ3n) is 6.18. The van der Waals surface area contributed by atoms with Gasteiger partial charge in [0, 0.05) is 40.6 Å². The molecule has 9 nitrogen and oxygen atoms in total. The molecule has 0 radical (unpaired) electrons. The van der Waals surface area contributed by atoms with Crippen LogP contribution in [0.25, 0.3) is 10.8 Å². The van der Waals surface area contributed by atoms with E-state index in [0.717, 1.165) is 27.6 Å². The smallest absolute Gasteiger partial charge is 0.475 e. The SMILES string of the molecule is O=C(O)C(F)(F)F.O=C(O)C(F)(F)F.O=C(c1ccc(Cl)cc1)N1CC(=O)N(Cc2ccc3ccncc3c2)c2ccccc2C1. The minimum Gasteiger partial charge on any atom is -0.475 e. The van der Waals surface area contributed by atoms with Gasteiger partial charge in [-0.3, -0.25) is 14.6 Å². The Labute approximate surface area is 261 Å². The maximum absolute atomic E-state index is 13.3. The molecule has 5 rings (SSSR count). The van der Waals surface area contributed by atoms with E-state index >= 15 is 0 Å². The van der Waals surface area contributed by atoms with Crippen LogP contribution in [0.15, 0.2) is 85.2 Å². The number of para-hydroxylation sites is 1. The maximum atomic E-state index is 13.3. The minimum atomic E-state index is -5.08. The van der Waals surface area contributed by atoms with E-state index in [-0.39, 0.29) is 18.4 Å². The molecule has 3 aromatic carbocycles. The number of anilines is 1. The van der Waals surface area contributed by atoms with Crippen LogP contribution < -0.4 is 4.90 Å². The van der Waals surface area contributed by atoms with Gasteiger partial charge in [0.2, 0.25) is 5.91 Å². The highest BCUT2D eigenvalue weighted by molar-refractivity contribution is 6.30. The number of carbonyl (C=O) groups is 4. The summed E-state index contributed by atoms with van der Waals surface area (Å²) in [5.74, 6) is -5.83. The Morgan fingerprint density at radius 3 is 1.98 bits per heavy atom. The van der Waals surface area contributed by atoms with Crippen molar-refractivity contribution in [2.24, 2.45) is 0 Å². The number of carboxylic acids is 2. The van der Waals surface area contributed by atoms with Crippen molar-refractivity contribution in [2.45, 2.75) is 25.4 Å². The van der Waals surface area contributed by atoms with Crippen LogP contribution in [-0.4, -0.2) is 62.7 Å². The fourth-order valence-electron chi connectivity index (χ4n) is 4.06. The molecule has 0 unspecified atom stereocenters. The van der Waals surface area contributed by atoms with Crippen LogP contribution in [0.1, 0.15) is 21.5 Å². The van der Waals surface area contributed by atoms with Crippen molar-refractivity contribution in [3.8, 4) is 0 Å². The quantitative estimate of drug-likeness (QED) is 0.244. The molecule has 2 heterocycles. The van der Waals surface area contributed by atoms with Gasteiger partial charge in [0.1, 0.15) is 6.54 Å². The Hall–Kier alpha value is -5.18. The summed E-state index contributed by atoms with van der Waals surface area (Å²) in [4.78, 5) is 51.8. The number of carbonyl (C=O) groups excluding carboxylic acids is 2. The second-order valence-electron chi connectivity index (χ2n) is 9.44. The van der Waals surface area contributed by atoms with Gasteiger partial charge in [0.25, 0.3) is 5.91 Å². The molecular weight excluding hydrogens is 648 g/mol. The lowest BCUT2D eigenvalue weighted by atomic mass is 10.1. The Kier molecular flexibility index (Phi) is 11.3. The second kappa shape index (κ2) is 14.7. The average molecular weight is 670 g/mol. The Morgan fingerprint density at radius 1 is 0.804 bits per heavy atom. The van der Waals surface area contributed by atoms with Gasteiger partial charge in [-0.15, -0.1) is 0 Å². The first-order valence-electron chi connectivity index (χ1n) is 12.8. The largest absolute Gasteiger partial charge is 0.490 e. The lowest BCUT2D eigenvalue weighted by Crippen LogP contribution is -2.39. The van der Waals surface area contributed by atoms with Crippen molar-refractivity contribution in [1.82, 2.24) is 9.88 Å². The van der Waals surface area contributed by atoms with Gasteiger partial charge >= 0.3 is 24.3 Å². The van der Waals surface area contributed by atoms with Crippen molar-refractivity contribution in [3.05, 3.63) is 107 Å². The van der Waals surface area contributed by atoms with Gasteiger partial charge in [0.15, 0.2) is 0 Å². The lowest BCUT2D eigenvalue weighted by Gasteiger charge is -2.23. The van der Waals surface area contributed by atoms with Gasteiger partial charge in [-0.05, 0) is 59.0 Å². The fourth-order valence-corrected chi connectivity index (χ4v) is 4.19. The van der Waals surface area contributed by atoms with Crippen LogP contribution in [0, 0.1) is 0 Å². The number of aromatic nitrogens is 1. The monoisotopic (exact) mass is 669 g/mol. The van der Waals surface area contributed by atoms with Gasteiger partial charge < -0.3 is 20.0 Å². The van der Waals surface area contributed by atoms with E-state index in [2.05, 4.69) is 11.1 Å². The van der Waals surface area contributed by atoms with Gasteiger partial charge in [-0.25, -0.2) is 9.59 Å². The van der Waals surface area contributed by atoms with Crippen molar-refractivity contribution in [2.75, 3.05) is 11.4 Å². The van der Waals surface area contributed by atoms with E-state index < -0.39 is 24.3 Å². The number of alkyl halides is 6. The number of hydrogen-bond acceptors (Lipinski definition) is 5. The molecule has 0 aliphatic carbocycles. The minimum absolute atomic E-state index is 0.00523. The molecule has 46 heavy (non-hydrogen) atoms. The summed E-state index contributed by atoms with van der Waals surface area (Å²) in [6.07, 6.45) is -6.58. The van der Waals surface area contributed by atoms with Gasteiger partial charge in [-0.2, -0.15) is 26.3 Å². The summed E-state index contributed by atoms with van der Waals surface area (Å²) in [5.41, 5.74) is 3.28. The third-order valence-corrected chi connectivity index (χ3v) is 6.43. The molecule has 1 aliphatic rings. The molecule has 0 bridgehead atoms. The summed E-state index contributed by atoms with van der Waals surface area (Å²) in [5, 5.41) is 16.9. The number of benzene rings is 3. The third kappa shape index (κ3) is 9.66. The average Bonchev–Trinajstić information content (AvgIpc) is 3.13. The van der Waals surface area contributed by atoms with Crippen LogP contribution in [0.4, 0.5) is 32.0 Å². The predicted octanol–water partition coefficient (Wildman–Crippen LogP) is 6.34. The number of fused-ring (bicyclic) bond motifs is 2. The molecule has 16 heteroatoms. The number of aliphatic carboxylic acids is 2. The highest BCUT2D eigenvalue weighted by Crippen LogP contribution is 2.29. The first-order valence-corrected chi connectivity index (χ1v) is 13.2. The van der Waals surface area contributed by atoms with Crippen LogP contribution in [0.2, 0.25) is 5.02 Å². The number of rotatable bonds is 3. The maximum Gasteiger partial charge on any atom is 0.490 e. The van der Waals surface area contributed by atoms with E-state index in [9.17, 15) is 35.9 Å². The first-order chi connectivity index (χ1) is 21.5. The summed E-state index contributed by atoms with van der Waals surface area (Å²) >= 11 is 5.96. The van der Waals surface area contributed by atoms with Gasteiger partial charge in [-0.1, -0.05) is 41.9 Å². The number of nitrogens with zero attached hydrogens (tertiary/aromatic N) is 3. The van der Waals surface area contributed by atoms with Crippen LogP contribution in [0.3, 0.4) is 0 Å². The number of amides is 2. The molecule has 1 aromatic heterocycles. The number of hydrogen-bond donors (Lipinski definition) is 2. The molecule has 0 saturated carbocycles. The molecule has 0 atom stereocenters.